The van der Waals surface area contributed by atoms with Gasteiger partial charge in [-0.05, 0) is 19.9 Å². The van der Waals surface area contributed by atoms with E-state index < -0.39 is 15.3 Å². The third-order valence-electron chi connectivity index (χ3n) is 2.66. The van der Waals surface area contributed by atoms with Crippen molar-refractivity contribution in [2.75, 3.05) is 22.4 Å². The van der Waals surface area contributed by atoms with Gasteiger partial charge in [-0.25, -0.2) is 8.42 Å². The van der Waals surface area contributed by atoms with Crippen LogP contribution in [0.3, 0.4) is 0 Å². The van der Waals surface area contributed by atoms with Gasteiger partial charge in [0.1, 0.15) is 5.75 Å². The standard InChI is InChI=1S/C11H15N3O4S/c1-6(2)19(16,17)14-8-4-9-10(3-7(8)12)18-5-11(15)13-9/h3-4,6,14H,5,12H2,1-2H3,(H,13,15). The molecule has 1 heterocycles. The van der Waals surface area contributed by atoms with Gasteiger partial charge in [0.25, 0.3) is 5.91 Å². The second kappa shape index (κ2) is 4.61. The molecule has 1 aliphatic rings. The average Bonchev–Trinajstić information content (AvgIpc) is 2.30. The maximum Gasteiger partial charge on any atom is 0.262 e. The van der Waals surface area contributed by atoms with E-state index >= 15 is 0 Å². The summed E-state index contributed by atoms with van der Waals surface area (Å²) in [4.78, 5) is 11.2. The number of hydrogen-bond donors (Lipinski definition) is 3. The molecule has 1 amide bonds. The van der Waals surface area contributed by atoms with Crippen LogP contribution in [0, 0.1) is 0 Å². The summed E-state index contributed by atoms with van der Waals surface area (Å²) in [6, 6.07) is 2.93. The SMILES string of the molecule is CC(C)S(=O)(=O)Nc1cc2c(cc1N)OCC(=O)N2. The number of carbonyl (C=O) groups is 1. The fourth-order valence-corrected chi connectivity index (χ4v) is 2.22. The van der Waals surface area contributed by atoms with Crippen LogP contribution in [0.2, 0.25) is 0 Å². The van der Waals surface area contributed by atoms with Gasteiger partial charge in [-0.3, -0.25) is 9.52 Å². The number of sulfonamides is 1. The summed E-state index contributed by atoms with van der Waals surface area (Å²) >= 11 is 0. The zero-order chi connectivity index (χ0) is 14.2. The molecule has 19 heavy (non-hydrogen) atoms. The van der Waals surface area contributed by atoms with Crippen LogP contribution >= 0.6 is 0 Å². The molecule has 104 valence electrons. The van der Waals surface area contributed by atoms with E-state index in [2.05, 4.69) is 10.0 Å². The first kappa shape index (κ1) is 13.5. The quantitative estimate of drug-likeness (QED) is 0.710. The number of amides is 1. The van der Waals surface area contributed by atoms with E-state index in [4.69, 9.17) is 10.5 Å². The number of anilines is 3. The first-order chi connectivity index (χ1) is 8.79. The molecule has 1 aromatic rings. The fourth-order valence-electron chi connectivity index (χ4n) is 1.50. The summed E-state index contributed by atoms with van der Waals surface area (Å²) in [5.74, 6) is 0.125. The topological polar surface area (TPSA) is 111 Å². The van der Waals surface area contributed by atoms with Crippen molar-refractivity contribution in [2.45, 2.75) is 19.1 Å². The fraction of sp³-hybridized carbons (Fsp3) is 0.364. The van der Waals surface area contributed by atoms with E-state index in [0.29, 0.717) is 11.4 Å². The van der Waals surface area contributed by atoms with Crippen molar-refractivity contribution in [3.05, 3.63) is 12.1 Å². The number of rotatable bonds is 3. The highest BCUT2D eigenvalue weighted by Crippen LogP contribution is 2.35. The van der Waals surface area contributed by atoms with Crippen molar-refractivity contribution < 1.29 is 17.9 Å². The van der Waals surface area contributed by atoms with Crippen molar-refractivity contribution in [1.29, 1.82) is 0 Å². The van der Waals surface area contributed by atoms with Crippen LogP contribution in [0.5, 0.6) is 5.75 Å². The van der Waals surface area contributed by atoms with Crippen LogP contribution in [0.1, 0.15) is 13.8 Å². The lowest BCUT2D eigenvalue weighted by Gasteiger charge is -2.20. The number of nitrogens with two attached hydrogens (primary N) is 1. The van der Waals surface area contributed by atoms with Crippen molar-refractivity contribution in [3.63, 3.8) is 0 Å². The Morgan fingerprint density at radius 1 is 1.42 bits per heavy atom. The lowest BCUT2D eigenvalue weighted by molar-refractivity contribution is -0.118. The molecule has 4 N–H and O–H groups in total. The van der Waals surface area contributed by atoms with Crippen molar-refractivity contribution in [1.82, 2.24) is 0 Å². The second-order valence-electron chi connectivity index (χ2n) is 4.47. The predicted octanol–water partition coefficient (Wildman–Crippen LogP) is 0.750. The van der Waals surface area contributed by atoms with Crippen LogP contribution in [0.4, 0.5) is 17.1 Å². The monoisotopic (exact) mass is 285 g/mol. The number of nitrogen functional groups attached to an aromatic ring is 1. The van der Waals surface area contributed by atoms with Crippen LogP contribution in [-0.2, 0) is 14.8 Å². The third kappa shape index (κ3) is 2.73. The highest BCUT2D eigenvalue weighted by Gasteiger charge is 2.21. The number of benzene rings is 1. The number of fused-ring (bicyclic) bond motifs is 1. The molecule has 1 aromatic carbocycles. The third-order valence-corrected chi connectivity index (χ3v) is 4.40. The van der Waals surface area contributed by atoms with E-state index in [0.717, 1.165) is 0 Å². The molecule has 0 radical (unpaired) electrons. The van der Waals surface area contributed by atoms with Gasteiger partial charge < -0.3 is 15.8 Å². The summed E-state index contributed by atoms with van der Waals surface area (Å²) in [6.45, 7) is 3.03. The Kier molecular flexibility index (Phi) is 3.27. The van der Waals surface area contributed by atoms with Gasteiger partial charge in [-0.2, -0.15) is 0 Å². The lowest BCUT2D eigenvalue weighted by Crippen LogP contribution is -2.26. The molecule has 0 spiro atoms. The number of nitrogens with one attached hydrogen (secondary N) is 2. The molecule has 0 saturated carbocycles. The van der Waals surface area contributed by atoms with E-state index in [1.54, 1.807) is 13.8 Å². The summed E-state index contributed by atoms with van der Waals surface area (Å²) < 4.78 is 31.2. The first-order valence-corrected chi connectivity index (χ1v) is 7.22. The molecule has 8 heteroatoms. The molecule has 7 nitrogen and oxygen atoms in total. The van der Waals surface area contributed by atoms with Crippen molar-refractivity contribution in [2.24, 2.45) is 0 Å². The Labute approximate surface area is 111 Å². The number of ether oxygens (including phenoxy) is 1. The summed E-state index contributed by atoms with van der Waals surface area (Å²) in [5, 5.41) is 2.00. The Bertz CT molecular complexity index is 625. The Morgan fingerprint density at radius 2 is 2.11 bits per heavy atom. The van der Waals surface area contributed by atoms with Gasteiger partial charge in [-0.15, -0.1) is 0 Å². The van der Waals surface area contributed by atoms with Gasteiger partial charge in [0.05, 0.1) is 22.3 Å². The lowest BCUT2D eigenvalue weighted by atomic mass is 10.2. The maximum absolute atomic E-state index is 11.8. The molecule has 2 rings (SSSR count). The van der Waals surface area contributed by atoms with Crippen molar-refractivity contribution >= 4 is 33.0 Å². The largest absolute Gasteiger partial charge is 0.482 e. The molecule has 0 aromatic heterocycles. The molecule has 0 atom stereocenters. The smallest absolute Gasteiger partial charge is 0.262 e. The second-order valence-corrected chi connectivity index (χ2v) is 6.71. The summed E-state index contributed by atoms with van der Waals surface area (Å²) in [7, 11) is -3.50. The minimum absolute atomic E-state index is 0.0799. The zero-order valence-electron chi connectivity index (χ0n) is 10.6. The first-order valence-electron chi connectivity index (χ1n) is 5.67. The zero-order valence-corrected chi connectivity index (χ0v) is 11.4. The Morgan fingerprint density at radius 3 is 2.74 bits per heavy atom. The number of hydrogen-bond acceptors (Lipinski definition) is 5. The molecule has 0 saturated heterocycles. The van der Waals surface area contributed by atoms with Gasteiger partial charge >= 0.3 is 0 Å². The maximum atomic E-state index is 11.8. The van der Waals surface area contributed by atoms with Crippen LogP contribution in [0.15, 0.2) is 12.1 Å². The van der Waals surface area contributed by atoms with E-state index in [9.17, 15) is 13.2 Å². The highest BCUT2D eigenvalue weighted by atomic mass is 32.2. The van der Waals surface area contributed by atoms with E-state index in [1.807, 2.05) is 0 Å². The van der Waals surface area contributed by atoms with Crippen LogP contribution in [-0.4, -0.2) is 26.2 Å². The van der Waals surface area contributed by atoms with Gasteiger partial charge in [0.15, 0.2) is 6.61 Å². The molecule has 0 unspecified atom stereocenters. The molecule has 1 aliphatic heterocycles. The Hall–Kier alpha value is -1.96. The average molecular weight is 285 g/mol. The van der Waals surface area contributed by atoms with E-state index in [1.165, 1.54) is 12.1 Å². The normalized spacial score (nSPS) is 14.6. The minimum atomic E-state index is -3.50. The molecule has 0 bridgehead atoms. The summed E-state index contributed by atoms with van der Waals surface area (Å²) in [5.41, 5.74) is 6.62. The van der Waals surface area contributed by atoms with Crippen LogP contribution in [0.25, 0.3) is 0 Å². The highest BCUT2D eigenvalue weighted by molar-refractivity contribution is 7.93. The molecule has 0 aliphatic carbocycles. The predicted molar refractivity (Wildman–Crippen MR) is 72.7 cm³/mol. The minimum Gasteiger partial charge on any atom is -0.482 e. The van der Waals surface area contributed by atoms with Gasteiger partial charge in [0.2, 0.25) is 10.0 Å². The van der Waals surface area contributed by atoms with Gasteiger partial charge in [0, 0.05) is 6.07 Å². The van der Waals surface area contributed by atoms with E-state index in [-0.39, 0.29) is 23.9 Å². The van der Waals surface area contributed by atoms with Crippen molar-refractivity contribution in [3.8, 4) is 5.75 Å². The van der Waals surface area contributed by atoms with Gasteiger partial charge in [-0.1, -0.05) is 0 Å². The molecular formula is C11H15N3O4S. The van der Waals surface area contributed by atoms with Crippen LogP contribution < -0.4 is 20.5 Å². The molecular weight excluding hydrogens is 270 g/mol. The molecule has 0 fully saturated rings. The number of carbonyl (C=O) groups excluding carboxylic acids is 1. The Balaban J connectivity index is 2.38. The summed E-state index contributed by atoms with van der Waals surface area (Å²) in [6.07, 6.45) is 0.